The number of nitrogens with one attached hydrogen (secondary N) is 3. The molecule has 3 rings (SSSR count). The number of nitrogens with zero attached hydrogens (tertiary/aromatic N) is 1. The van der Waals surface area contributed by atoms with E-state index in [1.807, 2.05) is 5.43 Å². The highest BCUT2D eigenvalue weighted by Crippen LogP contribution is 2.36. The summed E-state index contributed by atoms with van der Waals surface area (Å²) in [5, 5.41) is 8.43. The van der Waals surface area contributed by atoms with Crippen molar-refractivity contribution < 1.29 is 32.6 Å². The third-order valence-corrected chi connectivity index (χ3v) is 5.02. The van der Waals surface area contributed by atoms with Crippen LogP contribution in [-0.2, 0) is 14.4 Å². The summed E-state index contributed by atoms with van der Waals surface area (Å²) in [6.07, 6.45) is 1.24. The van der Waals surface area contributed by atoms with Crippen LogP contribution in [0.15, 0.2) is 70.2 Å². The van der Waals surface area contributed by atoms with Gasteiger partial charge in [0.05, 0.1) is 23.5 Å². The third kappa shape index (κ3) is 7.34. The fourth-order valence-corrected chi connectivity index (χ4v) is 3.35. The predicted molar refractivity (Wildman–Crippen MR) is 132 cm³/mol. The normalized spacial score (nSPS) is 10.6. The molecule has 0 aliphatic carbocycles. The van der Waals surface area contributed by atoms with Gasteiger partial charge in [-0.1, -0.05) is 12.1 Å². The van der Waals surface area contributed by atoms with Crippen molar-refractivity contribution in [2.45, 2.75) is 0 Å². The molecule has 186 valence electrons. The topological polar surface area (TPSA) is 118 Å². The minimum Gasteiger partial charge on any atom is -0.493 e. The first-order valence-electron chi connectivity index (χ1n) is 10.2. The van der Waals surface area contributed by atoms with Crippen LogP contribution >= 0.6 is 15.9 Å². The molecule has 3 aromatic carbocycles. The number of benzene rings is 3. The summed E-state index contributed by atoms with van der Waals surface area (Å²) in [6.45, 7) is -0.354. The van der Waals surface area contributed by atoms with Crippen LogP contribution in [0.5, 0.6) is 11.5 Å². The van der Waals surface area contributed by atoms with Gasteiger partial charge in [-0.15, -0.1) is 0 Å². The molecule has 0 unspecified atom stereocenters. The van der Waals surface area contributed by atoms with Crippen molar-refractivity contribution >= 4 is 51.2 Å². The first-order valence-corrected chi connectivity index (χ1v) is 11.0. The maximum absolute atomic E-state index is 13.6. The molecule has 0 atom stereocenters. The number of halogens is 3. The van der Waals surface area contributed by atoms with Gasteiger partial charge in [0.25, 0.3) is 5.91 Å². The van der Waals surface area contributed by atoms with Crippen molar-refractivity contribution in [3.63, 3.8) is 0 Å². The highest BCUT2D eigenvalue weighted by molar-refractivity contribution is 9.10. The number of hydrogen-bond donors (Lipinski definition) is 3. The van der Waals surface area contributed by atoms with Crippen molar-refractivity contribution in [2.75, 3.05) is 24.4 Å². The quantitative estimate of drug-likeness (QED) is 0.220. The monoisotopic (exact) mass is 560 g/mol. The zero-order valence-corrected chi connectivity index (χ0v) is 20.3. The highest BCUT2D eigenvalue weighted by Gasteiger charge is 2.16. The molecule has 0 bridgehead atoms. The minimum atomic E-state index is -1.10. The van der Waals surface area contributed by atoms with E-state index in [2.05, 4.69) is 31.7 Å². The van der Waals surface area contributed by atoms with Crippen LogP contribution in [0.25, 0.3) is 0 Å². The molecule has 36 heavy (non-hydrogen) atoms. The Hall–Kier alpha value is -4.32. The molecule has 0 radical (unpaired) electrons. The zero-order chi connectivity index (χ0) is 26.1. The van der Waals surface area contributed by atoms with Gasteiger partial charge in [-0.05, 0) is 70.0 Å². The van der Waals surface area contributed by atoms with Gasteiger partial charge in [0, 0.05) is 5.69 Å². The molecule has 0 aliphatic heterocycles. The van der Waals surface area contributed by atoms with Crippen molar-refractivity contribution in [3.8, 4) is 11.5 Å². The summed E-state index contributed by atoms with van der Waals surface area (Å²) in [6, 6.07) is 13.8. The molecular formula is C24H19BrF2N4O5. The van der Waals surface area contributed by atoms with Crippen LogP contribution < -0.4 is 25.5 Å². The van der Waals surface area contributed by atoms with Crippen LogP contribution in [0.4, 0.5) is 20.2 Å². The summed E-state index contributed by atoms with van der Waals surface area (Å²) in [7, 11) is 1.39. The number of amides is 3. The SMILES string of the molecule is COc1cc(/C=N\NC(=O)C(=O)Nc2ccccc2F)cc(Br)c1OCC(=O)Nc1ccc(F)cc1. The Bertz CT molecular complexity index is 1300. The molecule has 3 amide bonds. The van der Waals surface area contributed by atoms with Gasteiger partial charge in [-0.3, -0.25) is 14.4 Å². The molecule has 0 spiro atoms. The summed E-state index contributed by atoms with van der Waals surface area (Å²) in [5.41, 5.74) is 2.76. The van der Waals surface area contributed by atoms with Crippen LogP contribution in [0.2, 0.25) is 0 Å². The summed E-state index contributed by atoms with van der Waals surface area (Å²) in [4.78, 5) is 36.0. The lowest BCUT2D eigenvalue weighted by Gasteiger charge is -2.13. The number of hydrogen-bond acceptors (Lipinski definition) is 6. The second-order valence-corrected chi connectivity index (χ2v) is 7.87. The van der Waals surface area contributed by atoms with Crippen LogP contribution in [-0.4, -0.2) is 37.7 Å². The van der Waals surface area contributed by atoms with Crippen molar-refractivity contribution in [1.82, 2.24) is 5.43 Å². The van der Waals surface area contributed by atoms with Crippen molar-refractivity contribution in [1.29, 1.82) is 0 Å². The molecule has 3 N–H and O–H groups in total. The number of carbonyl (C=O) groups excluding carboxylic acids is 3. The fourth-order valence-electron chi connectivity index (χ4n) is 2.78. The highest BCUT2D eigenvalue weighted by atomic mass is 79.9. The Balaban J connectivity index is 1.58. The molecule has 0 aliphatic rings. The number of para-hydroxylation sites is 1. The van der Waals surface area contributed by atoms with Gasteiger partial charge in [-0.25, -0.2) is 14.2 Å². The fraction of sp³-hybridized carbons (Fsp3) is 0.0833. The van der Waals surface area contributed by atoms with E-state index in [-0.39, 0.29) is 23.8 Å². The first kappa shape index (κ1) is 26.3. The van der Waals surface area contributed by atoms with Gasteiger partial charge in [0.15, 0.2) is 18.1 Å². The number of ether oxygens (including phenoxy) is 2. The van der Waals surface area contributed by atoms with E-state index in [4.69, 9.17) is 9.47 Å². The number of anilines is 2. The molecule has 0 saturated carbocycles. The van der Waals surface area contributed by atoms with E-state index in [0.717, 1.165) is 6.07 Å². The average Bonchev–Trinajstić information content (AvgIpc) is 2.85. The van der Waals surface area contributed by atoms with E-state index in [1.54, 1.807) is 6.07 Å². The Morgan fingerprint density at radius 2 is 1.72 bits per heavy atom. The van der Waals surface area contributed by atoms with Crippen LogP contribution in [0.1, 0.15) is 5.56 Å². The Morgan fingerprint density at radius 1 is 1.00 bits per heavy atom. The van der Waals surface area contributed by atoms with Gasteiger partial charge in [0.1, 0.15) is 11.6 Å². The number of hydrazone groups is 1. The summed E-state index contributed by atoms with van der Waals surface area (Å²) < 4.78 is 37.9. The van der Waals surface area contributed by atoms with Crippen molar-refractivity contribution in [3.05, 3.63) is 82.3 Å². The maximum Gasteiger partial charge on any atom is 0.329 e. The van der Waals surface area contributed by atoms with E-state index in [9.17, 15) is 23.2 Å². The van der Waals surface area contributed by atoms with Gasteiger partial charge < -0.3 is 20.1 Å². The molecule has 9 nitrogen and oxygen atoms in total. The molecule has 12 heteroatoms. The van der Waals surface area contributed by atoms with Gasteiger partial charge >= 0.3 is 11.8 Å². The van der Waals surface area contributed by atoms with E-state index in [1.165, 1.54) is 61.9 Å². The van der Waals surface area contributed by atoms with Crippen LogP contribution in [0.3, 0.4) is 0 Å². The summed E-state index contributed by atoms with van der Waals surface area (Å²) >= 11 is 3.32. The van der Waals surface area contributed by atoms with E-state index >= 15 is 0 Å². The smallest absolute Gasteiger partial charge is 0.329 e. The minimum absolute atomic E-state index is 0.141. The lowest BCUT2D eigenvalue weighted by Crippen LogP contribution is -2.32. The Labute approximate surface area is 212 Å². The van der Waals surface area contributed by atoms with Crippen molar-refractivity contribution in [2.24, 2.45) is 5.10 Å². The second-order valence-electron chi connectivity index (χ2n) is 7.01. The molecule has 3 aromatic rings. The number of rotatable bonds is 8. The number of methoxy groups -OCH3 is 1. The van der Waals surface area contributed by atoms with Crippen LogP contribution in [0, 0.1) is 11.6 Å². The van der Waals surface area contributed by atoms with E-state index < -0.39 is 29.4 Å². The Morgan fingerprint density at radius 3 is 2.42 bits per heavy atom. The largest absolute Gasteiger partial charge is 0.493 e. The average molecular weight is 561 g/mol. The van der Waals surface area contributed by atoms with Gasteiger partial charge in [-0.2, -0.15) is 5.10 Å². The molecule has 0 aromatic heterocycles. The summed E-state index contributed by atoms with van der Waals surface area (Å²) in [5.74, 6) is -3.30. The lowest BCUT2D eigenvalue weighted by atomic mass is 10.2. The predicted octanol–water partition coefficient (Wildman–Crippen LogP) is 3.84. The molecule has 0 saturated heterocycles. The zero-order valence-electron chi connectivity index (χ0n) is 18.7. The molecular weight excluding hydrogens is 542 g/mol. The Kier molecular flexibility index (Phi) is 9.06. The lowest BCUT2D eigenvalue weighted by molar-refractivity contribution is -0.136. The van der Waals surface area contributed by atoms with E-state index in [0.29, 0.717) is 15.7 Å². The molecule has 0 heterocycles. The standard InChI is InChI=1S/C24H19BrF2N4O5/c1-35-20-11-14(12-28-31-24(34)23(33)30-19-5-3-2-4-18(19)27)10-17(25)22(20)36-13-21(32)29-16-8-6-15(26)7-9-16/h2-12H,13H2,1H3,(H,29,32)(H,30,33)(H,31,34)/b28-12-. The third-order valence-electron chi connectivity index (χ3n) is 4.44. The molecule has 0 fully saturated rings. The number of carbonyl (C=O) groups is 3. The maximum atomic E-state index is 13.6. The van der Waals surface area contributed by atoms with Gasteiger partial charge in [0.2, 0.25) is 0 Å². The first-order chi connectivity index (χ1) is 17.3. The second kappa shape index (κ2) is 12.4.